The van der Waals surface area contributed by atoms with Crippen molar-refractivity contribution >= 4 is 44.9 Å². The topological polar surface area (TPSA) is 89.8 Å². The molecule has 4 rings (SSSR count). The molecule has 3 aromatic heterocycles. The van der Waals surface area contributed by atoms with Gasteiger partial charge < -0.3 is 5.32 Å². The number of benzene rings is 1. The molecule has 0 aliphatic heterocycles. The lowest BCUT2D eigenvalue weighted by atomic mass is 10.2. The van der Waals surface area contributed by atoms with Crippen LogP contribution in [0.25, 0.3) is 10.2 Å². The molecule has 0 radical (unpaired) electrons. The predicted molar refractivity (Wildman–Crippen MR) is 124 cm³/mol. The summed E-state index contributed by atoms with van der Waals surface area (Å²) in [5.41, 5.74) is 3.24. The Balaban J connectivity index is 1.44. The van der Waals surface area contributed by atoms with Crippen LogP contribution in [0.1, 0.15) is 21.8 Å². The summed E-state index contributed by atoms with van der Waals surface area (Å²) in [5.74, 6) is -0.286. The van der Waals surface area contributed by atoms with E-state index in [1.54, 1.807) is 0 Å². The van der Waals surface area contributed by atoms with Crippen LogP contribution in [-0.2, 0) is 11.3 Å². The third kappa shape index (κ3) is 4.67. The smallest absolute Gasteiger partial charge is 0.262 e. The molecule has 1 N–H and O–H groups in total. The zero-order valence-electron chi connectivity index (χ0n) is 17.6. The van der Waals surface area contributed by atoms with Crippen LogP contribution < -0.4 is 10.9 Å². The lowest BCUT2D eigenvalue weighted by molar-refractivity contribution is -0.116. The van der Waals surface area contributed by atoms with E-state index in [0.717, 1.165) is 26.7 Å². The van der Waals surface area contributed by atoms with Gasteiger partial charge in [-0.05, 0) is 75.4 Å². The molecular formula is C22H21N5O2S2. The predicted octanol–water partition coefficient (Wildman–Crippen LogP) is 4.27. The Kier molecular flexibility index (Phi) is 5.88. The van der Waals surface area contributed by atoms with E-state index < -0.39 is 0 Å². The molecule has 31 heavy (non-hydrogen) atoms. The van der Waals surface area contributed by atoms with Gasteiger partial charge in [0, 0.05) is 26.8 Å². The molecule has 0 aliphatic carbocycles. The van der Waals surface area contributed by atoms with E-state index in [4.69, 9.17) is 0 Å². The average molecular weight is 452 g/mol. The molecule has 0 aliphatic rings. The molecule has 9 heteroatoms. The summed E-state index contributed by atoms with van der Waals surface area (Å²) in [7, 11) is 0. The third-order valence-corrected chi connectivity index (χ3v) is 6.77. The van der Waals surface area contributed by atoms with Crippen molar-refractivity contribution in [3.8, 4) is 0 Å². The number of carbonyl (C=O) groups is 1. The number of nitrogens with zero attached hydrogens (tertiary/aromatic N) is 4. The summed E-state index contributed by atoms with van der Waals surface area (Å²) in [4.78, 5) is 41.2. The summed E-state index contributed by atoms with van der Waals surface area (Å²) >= 11 is 2.96. The fraction of sp³-hybridized carbons (Fsp3) is 0.227. The van der Waals surface area contributed by atoms with Crippen LogP contribution in [0.2, 0.25) is 0 Å². The highest BCUT2D eigenvalue weighted by Crippen LogP contribution is 2.27. The minimum absolute atomic E-state index is 0.0942. The maximum atomic E-state index is 12.8. The van der Waals surface area contributed by atoms with Gasteiger partial charge in [0.1, 0.15) is 11.4 Å². The number of aromatic nitrogens is 4. The minimum Gasteiger partial charge on any atom is -0.325 e. The maximum absolute atomic E-state index is 12.8. The van der Waals surface area contributed by atoms with Crippen molar-refractivity contribution in [3.05, 3.63) is 68.8 Å². The molecule has 158 valence electrons. The third-order valence-electron chi connectivity index (χ3n) is 4.78. The van der Waals surface area contributed by atoms with Gasteiger partial charge >= 0.3 is 0 Å². The number of anilines is 1. The van der Waals surface area contributed by atoms with Gasteiger partial charge in [-0.1, -0.05) is 0 Å². The van der Waals surface area contributed by atoms with Crippen LogP contribution in [-0.4, -0.2) is 25.4 Å². The summed E-state index contributed by atoms with van der Waals surface area (Å²) in [6.45, 7) is 7.66. The summed E-state index contributed by atoms with van der Waals surface area (Å²) in [6, 6.07) is 9.37. The van der Waals surface area contributed by atoms with Crippen LogP contribution >= 0.6 is 23.1 Å². The Morgan fingerprint density at radius 2 is 1.77 bits per heavy atom. The molecule has 0 saturated carbocycles. The van der Waals surface area contributed by atoms with E-state index in [0.29, 0.717) is 21.1 Å². The van der Waals surface area contributed by atoms with E-state index >= 15 is 0 Å². The highest BCUT2D eigenvalue weighted by molar-refractivity contribution is 7.99. The van der Waals surface area contributed by atoms with Gasteiger partial charge in [0.25, 0.3) is 5.56 Å². The highest BCUT2D eigenvalue weighted by atomic mass is 32.2. The van der Waals surface area contributed by atoms with Gasteiger partial charge in [0.15, 0.2) is 5.16 Å². The maximum Gasteiger partial charge on any atom is 0.262 e. The molecular weight excluding hydrogens is 430 g/mol. The number of hydrogen-bond donors (Lipinski definition) is 1. The lowest BCUT2D eigenvalue weighted by Gasteiger charge is -2.08. The minimum atomic E-state index is -0.286. The second-order valence-electron chi connectivity index (χ2n) is 7.25. The Labute approximate surface area is 187 Å². The molecule has 0 saturated heterocycles. The Morgan fingerprint density at radius 3 is 2.45 bits per heavy atom. The van der Waals surface area contributed by atoms with Gasteiger partial charge in [-0.2, -0.15) is 0 Å². The largest absolute Gasteiger partial charge is 0.325 e. The number of amides is 1. The zero-order chi connectivity index (χ0) is 22.1. The van der Waals surface area contributed by atoms with Crippen molar-refractivity contribution in [3.63, 3.8) is 0 Å². The summed E-state index contributed by atoms with van der Waals surface area (Å²) < 4.78 is 1.35. The molecule has 0 atom stereocenters. The highest BCUT2D eigenvalue weighted by Gasteiger charge is 2.14. The SMILES string of the molecule is Cc1cc(C)nc(Sc2ccc(NC(=O)Cn3cnc4sc(C)c(C)c4c3=O)cc2)n1. The van der Waals surface area contributed by atoms with E-state index in [-0.39, 0.29) is 18.0 Å². The van der Waals surface area contributed by atoms with Gasteiger partial charge in [0.2, 0.25) is 5.91 Å². The molecule has 1 aromatic carbocycles. The first-order valence-electron chi connectivity index (χ1n) is 9.65. The van der Waals surface area contributed by atoms with Crippen LogP contribution in [0.5, 0.6) is 0 Å². The molecule has 7 nitrogen and oxygen atoms in total. The number of nitrogens with one attached hydrogen (secondary N) is 1. The standard InChI is InChI=1S/C22H21N5O2S2/c1-12-9-13(2)25-22(24-12)31-17-7-5-16(6-8-17)26-18(28)10-27-11-23-20-19(21(27)29)14(3)15(4)30-20/h5-9,11H,10H2,1-4H3,(H,26,28). The first-order chi connectivity index (χ1) is 14.8. The number of carbonyl (C=O) groups excluding carboxylic acids is 1. The molecule has 0 unspecified atom stereocenters. The van der Waals surface area contributed by atoms with Gasteiger partial charge in [-0.15, -0.1) is 11.3 Å². The van der Waals surface area contributed by atoms with E-state index in [9.17, 15) is 9.59 Å². The second-order valence-corrected chi connectivity index (χ2v) is 9.49. The van der Waals surface area contributed by atoms with Crippen molar-refractivity contribution in [2.75, 3.05) is 5.32 Å². The Bertz CT molecular complexity index is 1320. The Hall–Kier alpha value is -3.04. The zero-order valence-corrected chi connectivity index (χ0v) is 19.2. The first kappa shape index (κ1) is 21.2. The van der Waals surface area contributed by atoms with Crippen LogP contribution in [0.15, 0.2) is 51.5 Å². The van der Waals surface area contributed by atoms with Gasteiger partial charge in [-0.3, -0.25) is 14.2 Å². The molecule has 1 amide bonds. The molecule has 3 heterocycles. The monoisotopic (exact) mass is 451 g/mol. The van der Waals surface area contributed by atoms with E-state index in [1.165, 1.54) is 34.0 Å². The number of hydrogen-bond acceptors (Lipinski definition) is 7. The molecule has 4 aromatic rings. The fourth-order valence-electron chi connectivity index (χ4n) is 3.19. The molecule has 0 fully saturated rings. The van der Waals surface area contributed by atoms with Crippen LogP contribution in [0, 0.1) is 27.7 Å². The quantitative estimate of drug-likeness (QED) is 0.456. The lowest BCUT2D eigenvalue weighted by Crippen LogP contribution is -2.27. The van der Waals surface area contributed by atoms with Crippen LogP contribution in [0.4, 0.5) is 5.69 Å². The fourth-order valence-corrected chi connectivity index (χ4v) is 5.04. The first-order valence-corrected chi connectivity index (χ1v) is 11.3. The second kappa shape index (κ2) is 8.60. The average Bonchev–Trinajstić information content (AvgIpc) is 2.99. The van der Waals surface area contributed by atoms with Crippen molar-refractivity contribution < 1.29 is 4.79 Å². The number of thiophene rings is 1. The molecule has 0 spiro atoms. The number of fused-ring (bicyclic) bond motifs is 1. The van der Waals surface area contributed by atoms with E-state index in [2.05, 4.69) is 20.3 Å². The summed E-state index contributed by atoms with van der Waals surface area (Å²) in [5, 5.41) is 4.11. The number of rotatable bonds is 5. The number of aryl methyl sites for hydroxylation is 4. The molecule has 0 bridgehead atoms. The van der Waals surface area contributed by atoms with Gasteiger partial charge in [-0.25, -0.2) is 15.0 Å². The van der Waals surface area contributed by atoms with Gasteiger partial charge in [0.05, 0.1) is 11.7 Å². The van der Waals surface area contributed by atoms with Crippen molar-refractivity contribution in [2.45, 2.75) is 44.3 Å². The normalized spacial score (nSPS) is 11.1. The van der Waals surface area contributed by atoms with Crippen molar-refractivity contribution in [1.29, 1.82) is 0 Å². The van der Waals surface area contributed by atoms with Crippen LogP contribution in [0.3, 0.4) is 0 Å². The summed E-state index contributed by atoms with van der Waals surface area (Å²) in [6.07, 6.45) is 1.43. The Morgan fingerprint density at radius 1 is 1.10 bits per heavy atom. The van der Waals surface area contributed by atoms with E-state index in [1.807, 2.05) is 58.0 Å². The van der Waals surface area contributed by atoms with Crippen molar-refractivity contribution in [1.82, 2.24) is 19.5 Å². The van der Waals surface area contributed by atoms with Crippen molar-refractivity contribution in [2.24, 2.45) is 0 Å².